The van der Waals surface area contributed by atoms with Crippen molar-refractivity contribution in [2.24, 2.45) is 5.73 Å². The number of halogens is 1. The normalized spacial score (nSPS) is 15.2. The van der Waals surface area contributed by atoms with Crippen molar-refractivity contribution in [3.8, 4) is 0 Å². The number of hydrogen-bond donors (Lipinski definition) is 2. The fourth-order valence-electron chi connectivity index (χ4n) is 1.49. The number of nitrogens with one attached hydrogen (secondary N) is 1. The van der Waals surface area contributed by atoms with E-state index in [1.807, 2.05) is 4.90 Å². The van der Waals surface area contributed by atoms with E-state index in [0.29, 0.717) is 19.4 Å². The molecular weight excluding hydrogens is 218 g/mol. The van der Waals surface area contributed by atoms with Gasteiger partial charge >= 0.3 is 0 Å². The van der Waals surface area contributed by atoms with Gasteiger partial charge in [0, 0.05) is 39.0 Å². The van der Waals surface area contributed by atoms with Gasteiger partial charge in [-0.3, -0.25) is 9.59 Å². The highest BCUT2D eigenvalue weighted by molar-refractivity contribution is 5.85. The van der Waals surface area contributed by atoms with Crippen LogP contribution in [0, 0.1) is 0 Å². The van der Waals surface area contributed by atoms with Gasteiger partial charge in [0.1, 0.15) is 0 Å². The predicted molar refractivity (Wildman–Crippen MR) is 59.7 cm³/mol. The Kier molecular flexibility index (Phi) is 7.07. The molecule has 0 atom stereocenters. The molecule has 1 aliphatic heterocycles. The van der Waals surface area contributed by atoms with Gasteiger partial charge in [0.2, 0.25) is 11.8 Å². The Morgan fingerprint density at radius 2 is 2.20 bits per heavy atom. The van der Waals surface area contributed by atoms with E-state index in [-0.39, 0.29) is 24.2 Å². The predicted octanol–water partition coefficient (Wildman–Crippen LogP) is -0.504. The van der Waals surface area contributed by atoms with Crippen molar-refractivity contribution < 1.29 is 9.59 Å². The van der Waals surface area contributed by atoms with Crippen molar-refractivity contribution in [2.45, 2.75) is 19.3 Å². The molecule has 0 saturated carbocycles. The molecule has 1 aliphatic rings. The highest BCUT2D eigenvalue weighted by Crippen LogP contribution is 2.07. The van der Waals surface area contributed by atoms with Crippen molar-refractivity contribution in [2.75, 3.05) is 26.2 Å². The quantitative estimate of drug-likeness (QED) is 0.610. The number of carbonyl (C=O) groups is 2. The maximum absolute atomic E-state index is 11.2. The van der Waals surface area contributed by atoms with E-state index in [1.54, 1.807) is 0 Å². The molecule has 3 N–H and O–H groups in total. The first-order chi connectivity index (χ1) is 6.70. The zero-order valence-electron chi connectivity index (χ0n) is 8.70. The minimum absolute atomic E-state index is 0. The molecule has 0 aromatic rings. The molecule has 0 aromatic carbocycles. The molecule has 1 saturated heterocycles. The van der Waals surface area contributed by atoms with Gasteiger partial charge < -0.3 is 16.0 Å². The molecule has 1 rings (SSSR count). The first-order valence-corrected chi connectivity index (χ1v) is 4.97. The lowest BCUT2D eigenvalue weighted by molar-refractivity contribution is -0.127. The van der Waals surface area contributed by atoms with E-state index in [2.05, 4.69) is 5.32 Å². The highest BCUT2D eigenvalue weighted by Gasteiger charge is 2.18. The summed E-state index contributed by atoms with van der Waals surface area (Å²) in [5.41, 5.74) is 4.98. The van der Waals surface area contributed by atoms with Crippen LogP contribution in [0.25, 0.3) is 0 Å². The first kappa shape index (κ1) is 14.2. The van der Waals surface area contributed by atoms with E-state index in [9.17, 15) is 9.59 Å². The smallest absolute Gasteiger partial charge is 0.222 e. The molecule has 0 aliphatic carbocycles. The maximum Gasteiger partial charge on any atom is 0.222 e. The van der Waals surface area contributed by atoms with Crippen molar-refractivity contribution in [3.05, 3.63) is 0 Å². The van der Waals surface area contributed by atoms with Gasteiger partial charge in [-0.2, -0.15) is 0 Å². The molecule has 6 heteroatoms. The van der Waals surface area contributed by atoms with E-state index in [4.69, 9.17) is 5.73 Å². The average molecular weight is 236 g/mol. The molecule has 0 spiro atoms. The lowest BCUT2D eigenvalue weighted by atomic mass is 10.4. The summed E-state index contributed by atoms with van der Waals surface area (Å²) < 4.78 is 0. The number of nitrogens with zero attached hydrogens (tertiary/aromatic N) is 1. The second-order valence-electron chi connectivity index (χ2n) is 3.45. The van der Waals surface area contributed by atoms with Gasteiger partial charge in [0.05, 0.1) is 0 Å². The molecule has 1 heterocycles. The lowest BCUT2D eigenvalue weighted by Crippen LogP contribution is -2.34. The summed E-state index contributed by atoms with van der Waals surface area (Å²) in [6, 6.07) is 0. The molecule has 0 unspecified atom stereocenters. The average Bonchev–Trinajstić information content (AvgIpc) is 2.51. The first-order valence-electron chi connectivity index (χ1n) is 4.97. The molecule has 2 amide bonds. The largest absolute Gasteiger partial charge is 0.370 e. The van der Waals surface area contributed by atoms with E-state index >= 15 is 0 Å². The van der Waals surface area contributed by atoms with Crippen LogP contribution in [-0.4, -0.2) is 42.9 Å². The minimum Gasteiger partial charge on any atom is -0.370 e. The third-order valence-corrected chi connectivity index (χ3v) is 2.28. The topological polar surface area (TPSA) is 75.4 Å². The van der Waals surface area contributed by atoms with Crippen LogP contribution in [0.4, 0.5) is 0 Å². The SMILES string of the molecule is Cl.NC(=O)CCNCCN1CCCC1=O. The van der Waals surface area contributed by atoms with Gasteiger partial charge in [0.15, 0.2) is 0 Å². The van der Waals surface area contributed by atoms with Gasteiger partial charge in [0.25, 0.3) is 0 Å². The van der Waals surface area contributed by atoms with Crippen LogP contribution < -0.4 is 11.1 Å². The maximum atomic E-state index is 11.2. The molecule has 88 valence electrons. The Morgan fingerprint density at radius 3 is 2.73 bits per heavy atom. The number of nitrogens with two attached hydrogens (primary N) is 1. The summed E-state index contributed by atoms with van der Waals surface area (Å²) >= 11 is 0. The van der Waals surface area contributed by atoms with Gasteiger partial charge in [-0.1, -0.05) is 0 Å². The van der Waals surface area contributed by atoms with Gasteiger partial charge in [-0.05, 0) is 6.42 Å². The van der Waals surface area contributed by atoms with Crippen molar-refractivity contribution >= 4 is 24.2 Å². The van der Waals surface area contributed by atoms with Crippen molar-refractivity contribution in [1.82, 2.24) is 10.2 Å². The van der Waals surface area contributed by atoms with Gasteiger partial charge in [-0.25, -0.2) is 0 Å². The Bertz CT molecular complexity index is 223. The molecule has 0 radical (unpaired) electrons. The fraction of sp³-hybridized carbons (Fsp3) is 0.778. The zero-order chi connectivity index (χ0) is 10.4. The van der Waals surface area contributed by atoms with Crippen LogP contribution in [-0.2, 0) is 9.59 Å². The summed E-state index contributed by atoms with van der Waals surface area (Å²) in [6.07, 6.45) is 2.01. The molecule has 1 fully saturated rings. The lowest BCUT2D eigenvalue weighted by Gasteiger charge is -2.15. The van der Waals surface area contributed by atoms with Crippen LogP contribution >= 0.6 is 12.4 Å². The van der Waals surface area contributed by atoms with Crippen molar-refractivity contribution in [3.63, 3.8) is 0 Å². The third kappa shape index (κ3) is 5.59. The third-order valence-electron chi connectivity index (χ3n) is 2.28. The number of carbonyl (C=O) groups excluding carboxylic acids is 2. The summed E-state index contributed by atoms with van der Waals surface area (Å²) in [4.78, 5) is 23.4. The standard InChI is InChI=1S/C9H17N3O2.ClH/c10-8(13)3-4-11-5-7-12-6-1-2-9(12)14;/h11H,1-7H2,(H2,10,13);1H. The summed E-state index contributed by atoms with van der Waals surface area (Å²) in [5.74, 6) is -0.0588. The summed E-state index contributed by atoms with van der Waals surface area (Å²) in [6.45, 7) is 2.93. The number of likely N-dealkylation sites (tertiary alicyclic amines) is 1. The Hall–Kier alpha value is -0.810. The highest BCUT2D eigenvalue weighted by atomic mass is 35.5. The summed E-state index contributed by atoms with van der Waals surface area (Å²) in [7, 11) is 0. The zero-order valence-corrected chi connectivity index (χ0v) is 9.52. The Labute approximate surface area is 95.8 Å². The van der Waals surface area contributed by atoms with E-state index in [1.165, 1.54) is 0 Å². The number of hydrogen-bond acceptors (Lipinski definition) is 3. The van der Waals surface area contributed by atoms with Crippen LogP contribution in [0.15, 0.2) is 0 Å². The van der Waals surface area contributed by atoms with Gasteiger partial charge in [-0.15, -0.1) is 12.4 Å². The Morgan fingerprint density at radius 1 is 1.47 bits per heavy atom. The van der Waals surface area contributed by atoms with E-state index in [0.717, 1.165) is 26.1 Å². The fourth-order valence-corrected chi connectivity index (χ4v) is 1.49. The number of rotatable bonds is 6. The monoisotopic (exact) mass is 235 g/mol. The molecular formula is C9H18ClN3O2. The molecule has 0 bridgehead atoms. The molecule has 0 aromatic heterocycles. The second-order valence-corrected chi connectivity index (χ2v) is 3.45. The van der Waals surface area contributed by atoms with Crippen LogP contribution in [0.5, 0.6) is 0 Å². The Balaban J connectivity index is 0.00000196. The van der Waals surface area contributed by atoms with Crippen molar-refractivity contribution in [1.29, 1.82) is 0 Å². The van der Waals surface area contributed by atoms with Crippen LogP contribution in [0.1, 0.15) is 19.3 Å². The summed E-state index contributed by atoms with van der Waals surface area (Å²) in [5, 5.41) is 3.07. The minimum atomic E-state index is -0.297. The number of amides is 2. The van der Waals surface area contributed by atoms with Crippen LogP contribution in [0.3, 0.4) is 0 Å². The van der Waals surface area contributed by atoms with Crippen LogP contribution in [0.2, 0.25) is 0 Å². The molecule has 5 nitrogen and oxygen atoms in total. The second kappa shape index (κ2) is 7.48. The molecule has 15 heavy (non-hydrogen) atoms. The van der Waals surface area contributed by atoms with E-state index < -0.39 is 0 Å². The number of primary amides is 1.